The van der Waals surface area contributed by atoms with Gasteiger partial charge in [-0.2, -0.15) is 4.57 Å². The Balaban J connectivity index is 2.30. The van der Waals surface area contributed by atoms with Gasteiger partial charge in [0.1, 0.15) is 0 Å². The largest absolute Gasteiger partial charge is 0.195 e. The number of hydrogen-bond donors (Lipinski definition) is 0. The molecule has 1 heteroatoms. The van der Waals surface area contributed by atoms with Crippen LogP contribution in [-0.4, -0.2) is 0 Å². The van der Waals surface area contributed by atoms with Crippen LogP contribution in [0.15, 0.2) is 54.9 Å². The van der Waals surface area contributed by atoms with Gasteiger partial charge in [-0.1, -0.05) is 18.2 Å². The predicted octanol–water partition coefficient (Wildman–Crippen LogP) is 1.64. The molecule has 0 fully saturated rings. The maximum Gasteiger partial charge on any atom is 0.195 e. The molecule has 1 aliphatic carbocycles. The zero-order valence-electron chi connectivity index (χ0n) is 6.22. The normalized spacial score (nSPS) is 16.0. The third-order valence-corrected chi connectivity index (χ3v) is 1.81. The molecule has 1 aromatic heterocycles. The molecule has 0 aliphatic heterocycles. The van der Waals surface area contributed by atoms with Crippen LogP contribution in [0.4, 0.5) is 0 Å². The van der Waals surface area contributed by atoms with Crippen LogP contribution in [0.3, 0.4) is 0 Å². The lowest BCUT2D eigenvalue weighted by atomic mass is 10.3. The summed E-state index contributed by atoms with van der Waals surface area (Å²) < 4.78 is 2.17. The van der Waals surface area contributed by atoms with Gasteiger partial charge in [-0.25, -0.2) is 0 Å². The van der Waals surface area contributed by atoms with Gasteiger partial charge in [-0.3, -0.25) is 0 Å². The molecule has 54 valence electrons. The molecule has 0 amide bonds. The first kappa shape index (κ1) is 6.35. The summed E-state index contributed by atoms with van der Waals surface area (Å²) in [6.07, 6.45) is 12.6. The Labute approximate surface area is 66.3 Å². The second-order valence-electron chi connectivity index (χ2n) is 2.58. The maximum atomic E-state index is 2.17. The average Bonchev–Trinajstić information content (AvgIpc) is 2.58. The fraction of sp³-hybridized carbons (Fsp3) is 0.100. The molecule has 11 heavy (non-hydrogen) atoms. The Morgan fingerprint density at radius 2 is 1.45 bits per heavy atom. The lowest BCUT2D eigenvalue weighted by molar-refractivity contribution is -0.701. The van der Waals surface area contributed by atoms with E-state index in [1.165, 1.54) is 0 Å². The van der Waals surface area contributed by atoms with Gasteiger partial charge in [0.15, 0.2) is 18.4 Å². The second kappa shape index (κ2) is 2.70. The van der Waals surface area contributed by atoms with Crippen LogP contribution >= 0.6 is 0 Å². The average molecular weight is 144 g/mol. The Hall–Kier alpha value is -1.37. The smallest absolute Gasteiger partial charge is 0.195 e. The summed E-state index contributed by atoms with van der Waals surface area (Å²) in [6, 6.07) is 6.54. The molecule has 0 aromatic carbocycles. The molecule has 0 saturated carbocycles. The molecule has 0 unspecified atom stereocenters. The summed E-state index contributed by atoms with van der Waals surface area (Å²) in [7, 11) is 0. The molecule has 2 rings (SSSR count). The minimum atomic E-state index is 0.427. The van der Waals surface area contributed by atoms with Crippen LogP contribution in [0.5, 0.6) is 0 Å². The Morgan fingerprint density at radius 3 is 2.09 bits per heavy atom. The van der Waals surface area contributed by atoms with Gasteiger partial charge in [0.05, 0.1) is 0 Å². The number of allylic oxidation sites excluding steroid dienone is 4. The third-order valence-electron chi connectivity index (χ3n) is 1.81. The number of nitrogens with zero attached hydrogens (tertiary/aromatic N) is 1. The second-order valence-corrected chi connectivity index (χ2v) is 2.58. The fourth-order valence-corrected chi connectivity index (χ4v) is 1.23. The van der Waals surface area contributed by atoms with Crippen molar-refractivity contribution in [2.75, 3.05) is 0 Å². The van der Waals surface area contributed by atoms with Crippen LogP contribution in [0.1, 0.15) is 6.04 Å². The maximum absolute atomic E-state index is 2.17. The summed E-state index contributed by atoms with van der Waals surface area (Å²) in [4.78, 5) is 0. The standard InChI is InChI=1S/C10H10N/c1-4-8-11(9-5-1)10-6-2-3-7-10/h1-10H/q+1. The molecular weight excluding hydrogens is 134 g/mol. The highest BCUT2D eigenvalue weighted by Crippen LogP contribution is 2.06. The van der Waals surface area contributed by atoms with Gasteiger partial charge in [-0.05, 0) is 12.2 Å². The van der Waals surface area contributed by atoms with Crippen molar-refractivity contribution in [3.63, 3.8) is 0 Å². The Morgan fingerprint density at radius 1 is 0.818 bits per heavy atom. The van der Waals surface area contributed by atoms with E-state index < -0.39 is 0 Å². The zero-order chi connectivity index (χ0) is 7.52. The topological polar surface area (TPSA) is 3.88 Å². The molecule has 1 nitrogen and oxygen atoms in total. The van der Waals surface area contributed by atoms with E-state index in [-0.39, 0.29) is 0 Å². The van der Waals surface area contributed by atoms with Gasteiger partial charge in [0.25, 0.3) is 0 Å². The summed E-state index contributed by atoms with van der Waals surface area (Å²) in [5.41, 5.74) is 0. The minimum Gasteiger partial charge on any atom is -0.195 e. The van der Waals surface area contributed by atoms with E-state index in [4.69, 9.17) is 0 Å². The van der Waals surface area contributed by atoms with Gasteiger partial charge >= 0.3 is 0 Å². The van der Waals surface area contributed by atoms with Gasteiger partial charge in [-0.15, -0.1) is 0 Å². The van der Waals surface area contributed by atoms with Crippen molar-refractivity contribution in [3.05, 3.63) is 54.9 Å². The summed E-state index contributed by atoms with van der Waals surface area (Å²) in [5, 5.41) is 0. The summed E-state index contributed by atoms with van der Waals surface area (Å²) in [5.74, 6) is 0. The van der Waals surface area contributed by atoms with E-state index in [1.54, 1.807) is 0 Å². The van der Waals surface area contributed by atoms with Crippen molar-refractivity contribution in [2.24, 2.45) is 0 Å². The van der Waals surface area contributed by atoms with Crippen molar-refractivity contribution in [3.8, 4) is 0 Å². The molecule has 0 spiro atoms. The number of rotatable bonds is 1. The first-order chi connectivity index (χ1) is 5.47. The molecule has 1 heterocycles. The summed E-state index contributed by atoms with van der Waals surface area (Å²) >= 11 is 0. The van der Waals surface area contributed by atoms with Crippen molar-refractivity contribution >= 4 is 0 Å². The quantitative estimate of drug-likeness (QED) is 0.527. The van der Waals surface area contributed by atoms with Gasteiger partial charge < -0.3 is 0 Å². The van der Waals surface area contributed by atoms with Crippen LogP contribution in [0.25, 0.3) is 0 Å². The molecule has 0 N–H and O–H groups in total. The van der Waals surface area contributed by atoms with E-state index >= 15 is 0 Å². The third kappa shape index (κ3) is 1.22. The van der Waals surface area contributed by atoms with E-state index in [2.05, 4.69) is 41.3 Å². The molecule has 0 atom stereocenters. The first-order valence-corrected chi connectivity index (χ1v) is 3.77. The summed E-state index contributed by atoms with van der Waals surface area (Å²) in [6.45, 7) is 0. The zero-order valence-corrected chi connectivity index (χ0v) is 6.22. The molecule has 0 saturated heterocycles. The lowest BCUT2D eigenvalue weighted by Gasteiger charge is -1.97. The van der Waals surface area contributed by atoms with Crippen molar-refractivity contribution < 1.29 is 4.57 Å². The lowest BCUT2D eigenvalue weighted by Crippen LogP contribution is -2.35. The number of pyridine rings is 1. The van der Waals surface area contributed by atoms with E-state index in [0.717, 1.165) is 0 Å². The minimum absolute atomic E-state index is 0.427. The van der Waals surface area contributed by atoms with Crippen LogP contribution in [-0.2, 0) is 0 Å². The highest BCUT2D eigenvalue weighted by atomic mass is 15.0. The molecule has 1 aromatic rings. The Kier molecular flexibility index (Phi) is 1.56. The molecule has 1 aliphatic rings. The van der Waals surface area contributed by atoms with Gasteiger partial charge in [0.2, 0.25) is 0 Å². The molecule has 0 bridgehead atoms. The SMILES string of the molecule is C1=CC([n+]2ccccc2)C=C1. The highest BCUT2D eigenvalue weighted by molar-refractivity contribution is 5.16. The van der Waals surface area contributed by atoms with Gasteiger partial charge in [0, 0.05) is 12.1 Å². The number of hydrogen-bond acceptors (Lipinski definition) is 0. The highest BCUT2D eigenvalue weighted by Gasteiger charge is 2.11. The Bertz CT molecular complexity index is 273. The van der Waals surface area contributed by atoms with E-state index in [0.29, 0.717) is 6.04 Å². The molecular formula is C10H10N+. The monoisotopic (exact) mass is 144 g/mol. The van der Waals surface area contributed by atoms with E-state index in [1.807, 2.05) is 18.2 Å². The van der Waals surface area contributed by atoms with Crippen molar-refractivity contribution in [2.45, 2.75) is 6.04 Å². The number of aromatic nitrogens is 1. The fourth-order valence-electron chi connectivity index (χ4n) is 1.23. The predicted molar refractivity (Wildman–Crippen MR) is 44.0 cm³/mol. The molecule has 0 radical (unpaired) electrons. The van der Waals surface area contributed by atoms with Crippen molar-refractivity contribution in [1.82, 2.24) is 0 Å². The van der Waals surface area contributed by atoms with Crippen LogP contribution < -0.4 is 4.57 Å². The van der Waals surface area contributed by atoms with E-state index in [9.17, 15) is 0 Å². The van der Waals surface area contributed by atoms with Crippen LogP contribution in [0, 0.1) is 0 Å². The van der Waals surface area contributed by atoms with Crippen LogP contribution in [0.2, 0.25) is 0 Å². The first-order valence-electron chi connectivity index (χ1n) is 3.77. The van der Waals surface area contributed by atoms with Crippen molar-refractivity contribution in [1.29, 1.82) is 0 Å².